The molecule has 4 nitrogen and oxygen atoms in total. The predicted octanol–water partition coefficient (Wildman–Crippen LogP) is 2.54. The van der Waals surface area contributed by atoms with Gasteiger partial charge in [-0.05, 0) is 0 Å². The summed E-state index contributed by atoms with van der Waals surface area (Å²) in [5, 5.41) is 7.66. The lowest BCUT2D eigenvalue weighted by Crippen LogP contribution is -2.22. The number of carboxylic acids is 1. The van der Waals surface area contributed by atoms with Crippen LogP contribution in [0.5, 0.6) is 0 Å². The van der Waals surface area contributed by atoms with E-state index in [0.717, 1.165) is 0 Å². The van der Waals surface area contributed by atoms with Crippen LogP contribution in [0.3, 0.4) is 0 Å². The van der Waals surface area contributed by atoms with Gasteiger partial charge < -0.3 is 9.67 Å². The number of benzene rings is 1. The third-order valence-corrected chi connectivity index (χ3v) is 3.51. The number of carboxylic acid groups (broad SMARTS) is 1. The number of aromatic nitrogens is 1. The average Bonchev–Trinajstić information content (AvgIpc) is 3.18. The zero-order valence-corrected chi connectivity index (χ0v) is 10.5. The van der Waals surface area contributed by atoms with Crippen molar-refractivity contribution in [2.24, 2.45) is 0 Å². The van der Waals surface area contributed by atoms with Gasteiger partial charge in [0, 0.05) is 12.6 Å². The highest BCUT2D eigenvalue weighted by Crippen LogP contribution is 2.41. The summed E-state index contributed by atoms with van der Waals surface area (Å²) in [7, 11) is 0. The van der Waals surface area contributed by atoms with E-state index in [1.807, 2.05) is 0 Å². The molecular weight excluding hydrogens is 313 g/mol. The van der Waals surface area contributed by atoms with Crippen molar-refractivity contribution in [1.29, 1.82) is 0 Å². The molecule has 1 aromatic heterocycles. The Morgan fingerprint density at radius 3 is 2.18 bits per heavy atom. The second-order valence-electron chi connectivity index (χ2n) is 4.88. The summed E-state index contributed by atoms with van der Waals surface area (Å²) in [6, 6.07) is -1.07. The molecule has 1 heterocycles. The summed E-state index contributed by atoms with van der Waals surface area (Å²) in [4.78, 5) is 22.9. The second kappa shape index (κ2) is 4.52. The first-order valence-electron chi connectivity index (χ1n) is 6.03. The minimum absolute atomic E-state index is 0.142. The predicted molar refractivity (Wildman–Crippen MR) is 63.5 cm³/mol. The number of pyridine rings is 1. The van der Waals surface area contributed by atoms with E-state index in [4.69, 9.17) is 5.11 Å². The van der Waals surface area contributed by atoms with Gasteiger partial charge in [0.1, 0.15) is 11.7 Å². The Balaban J connectivity index is 2.56. The van der Waals surface area contributed by atoms with Crippen molar-refractivity contribution in [3.8, 4) is 0 Å². The quantitative estimate of drug-likeness (QED) is 0.526. The molecule has 1 fully saturated rings. The number of rotatable bonds is 2. The van der Waals surface area contributed by atoms with E-state index in [0.29, 0.717) is 10.8 Å². The Morgan fingerprint density at radius 1 is 1.14 bits per heavy atom. The Kier molecular flexibility index (Phi) is 2.98. The zero-order chi connectivity index (χ0) is 16.3. The SMILES string of the molecule is O=C(O)c1cn(C2CC2F)c2c(F)c(F)c(F)c(F)c2c1=O. The standard InChI is InChI=1S/C13H6F5NO3/c14-4-1-5(4)19-2-3(13(21)22)12(20)6-7(15)8(16)9(17)10(18)11(6)19/h2,4-5H,1H2,(H,21,22). The van der Waals surface area contributed by atoms with E-state index in [1.165, 1.54) is 0 Å². The maximum absolute atomic E-state index is 13.9. The van der Waals surface area contributed by atoms with Crippen molar-refractivity contribution >= 4 is 16.9 Å². The highest BCUT2D eigenvalue weighted by Gasteiger charge is 2.41. The van der Waals surface area contributed by atoms with Gasteiger partial charge in [0.25, 0.3) is 0 Å². The summed E-state index contributed by atoms with van der Waals surface area (Å²) in [5.74, 6) is -10.0. The normalized spacial score (nSPS) is 20.4. The number of aromatic carboxylic acids is 1. The first-order chi connectivity index (χ1) is 10.3. The van der Waals surface area contributed by atoms with Crippen molar-refractivity contribution < 1.29 is 31.9 Å². The van der Waals surface area contributed by atoms with E-state index in [9.17, 15) is 31.5 Å². The molecule has 0 saturated heterocycles. The van der Waals surface area contributed by atoms with Gasteiger partial charge in [-0.15, -0.1) is 0 Å². The van der Waals surface area contributed by atoms with Crippen molar-refractivity contribution in [2.45, 2.75) is 18.6 Å². The minimum Gasteiger partial charge on any atom is -0.477 e. The number of nitrogens with zero attached hydrogens (tertiary/aromatic N) is 1. The smallest absolute Gasteiger partial charge is 0.341 e. The van der Waals surface area contributed by atoms with Crippen LogP contribution in [0.1, 0.15) is 22.8 Å². The molecule has 0 radical (unpaired) electrons. The monoisotopic (exact) mass is 319 g/mol. The van der Waals surface area contributed by atoms with Crippen LogP contribution < -0.4 is 5.43 Å². The van der Waals surface area contributed by atoms with Crippen LogP contribution in [0, 0.1) is 23.3 Å². The minimum atomic E-state index is -2.23. The topological polar surface area (TPSA) is 59.3 Å². The average molecular weight is 319 g/mol. The Hall–Kier alpha value is -2.45. The van der Waals surface area contributed by atoms with Gasteiger partial charge in [-0.25, -0.2) is 26.7 Å². The van der Waals surface area contributed by atoms with Crippen LogP contribution in [-0.2, 0) is 0 Å². The van der Waals surface area contributed by atoms with Crippen LogP contribution in [0.25, 0.3) is 10.9 Å². The Bertz CT molecular complexity index is 892. The molecule has 2 atom stereocenters. The lowest BCUT2D eigenvalue weighted by Gasteiger charge is -2.13. The second-order valence-corrected chi connectivity index (χ2v) is 4.88. The molecule has 1 aliphatic rings. The van der Waals surface area contributed by atoms with Crippen LogP contribution in [0.2, 0.25) is 0 Å². The fraction of sp³-hybridized carbons (Fsp3) is 0.231. The van der Waals surface area contributed by atoms with Crippen LogP contribution in [0.15, 0.2) is 11.0 Å². The molecule has 116 valence electrons. The highest BCUT2D eigenvalue weighted by atomic mass is 19.2. The fourth-order valence-electron chi connectivity index (χ4n) is 2.32. The fourth-order valence-corrected chi connectivity index (χ4v) is 2.32. The summed E-state index contributed by atoms with van der Waals surface area (Å²) in [6.07, 6.45) is -1.02. The number of halogens is 5. The molecule has 1 aliphatic carbocycles. The molecule has 3 rings (SSSR count). The van der Waals surface area contributed by atoms with Gasteiger partial charge in [-0.3, -0.25) is 4.79 Å². The lowest BCUT2D eigenvalue weighted by molar-refractivity contribution is 0.0694. The summed E-state index contributed by atoms with van der Waals surface area (Å²) >= 11 is 0. The Labute approximate surface area is 118 Å². The molecule has 2 aromatic rings. The van der Waals surface area contributed by atoms with E-state index < -0.39 is 63.3 Å². The molecule has 0 bridgehead atoms. The van der Waals surface area contributed by atoms with Gasteiger partial charge in [0.15, 0.2) is 23.3 Å². The number of hydrogen-bond donors (Lipinski definition) is 1. The highest BCUT2D eigenvalue weighted by molar-refractivity contribution is 5.93. The third-order valence-electron chi connectivity index (χ3n) is 3.51. The maximum Gasteiger partial charge on any atom is 0.341 e. The van der Waals surface area contributed by atoms with Crippen LogP contribution in [-0.4, -0.2) is 21.8 Å². The van der Waals surface area contributed by atoms with Gasteiger partial charge in [0.05, 0.1) is 16.9 Å². The summed E-state index contributed by atoms with van der Waals surface area (Å²) < 4.78 is 68.2. The van der Waals surface area contributed by atoms with E-state index in [1.54, 1.807) is 0 Å². The largest absolute Gasteiger partial charge is 0.477 e. The molecule has 1 aromatic carbocycles. The van der Waals surface area contributed by atoms with E-state index in [-0.39, 0.29) is 6.42 Å². The lowest BCUT2D eigenvalue weighted by atomic mass is 10.1. The van der Waals surface area contributed by atoms with Crippen molar-refractivity contribution in [3.05, 3.63) is 45.3 Å². The zero-order valence-electron chi connectivity index (χ0n) is 10.5. The van der Waals surface area contributed by atoms with Crippen molar-refractivity contribution in [2.75, 3.05) is 0 Å². The van der Waals surface area contributed by atoms with Crippen LogP contribution >= 0.6 is 0 Å². The summed E-state index contributed by atoms with van der Waals surface area (Å²) in [5.41, 5.74) is -3.49. The first kappa shape index (κ1) is 14.5. The van der Waals surface area contributed by atoms with Gasteiger partial charge in [-0.2, -0.15) is 0 Å². The summed E-state index contributed by atoms with van der Waals surface area (Å²) in [6.45, 7) is 0. The van der Waals surface area contributed by atoms with Gasteiger partial charge >= 0.3 is 5.97 Å². The molecule has 0 aliphatic heterocycles. The first-order valence-corrected chi connectivity index (χ1v) is 6.03. The van der Waals surface area contributed by atoms with Crippen LogP contribution in [0.4, 0.5) is 22.0 Å². The number of fused-ring (bicyclic) bond motifs is 1. The van der Waals surface area contributed by atoms with Gasteiger partial charge in [0.2, 0.25) is 5.43 Å². The molecule has 22 heavy (non-hydrogen) atoms. The Morgan fingerprint density at radius 2 is 1.68 bits per heavy atom. The molecular formula is C13H6F5NO3. The molecule has 0 amide bonds. The molecule has 2 unspecified atom stereocenters. The van der Waals surface area contributed by atoms with E-state index in [2.05, 4.69) is 0 Å². The number of hydrogen-bond acceptors (Lipinski definition) is 2. The molecule has 1 N–H and O–H groups in total. The maximum atomic E-state index is 13.9. The molecule has 9 heteroatoms. The molecule has 0 spiro atoms. The van der Waals surface area contributed by atoms with E-state index >= 15 is 0 Å². The number of alkyl halides is 1. The third kappa shape index (κ3) is 1.81. The molecule has 1 saturated carbocycles. The van der Waals surface area contributed by atoms with Gasteiger partial charge in [-0.1, -0.05) is 0 Å². The van der Waals surface area contributed by atoms with Crippen molar-refractivity contribution in [1.82, 2.24) is 4.57 Å². The number of carbonyl (C=O) groups is 1. The van der Waals surface area contributed by atoms with Crippen molar-refractivity contribution in [3.63, 3.8) is 0 Å².